The van der Waals surface area contributed by atoms with E-state index in [9.17, 15) is 0 Å². The Balaban J connectivity index is 1.18. The summed E-state index contributed by atoms with van der Waals surface area (Å²) >= 11 is 1.67. The van der Waals surface area contributed by atoms with E-state index in [2.05, 4.69) is 132 Å². The molecule has 0 aliphatic heterocycles. The van der Waals surface area contributed by atoms with E-state index in [0.717, 1.165) is 86.3 Å². The van der Waals surface area contributed by atoms with Gasteiger partial charge >= 0.3 is 0 Å². The molecule has 0 saturated heterocycles. The van der Waals surface area contributed by atoms with Crippen molar-refractivity contribution >= 4 is 64.1 Å². The van der Waals surface area contributed by atoms with Crippen LogP contribution in [0, 0.1) is 0 Å². The van der Waals surface area contributed by atoms with Crippen molar-refractivity contribution in [2.45, 2.75) is 0 Å². The first-order chi connectivity index (χ1) is 31.8. The Hall–Kier alpha value is -7.73. The fourth-order valence-corrected chi connectivity index (χ4v) is 9.86. The van der Waals surface area contributed by atoms with E-state index in [1.807, 2.05) is 48.5 Å². The summed E-state index contributed by atoms with van der Waals surface area (Å²) in [5, 5.41) is 6.38. The van der Waals surface area contributed by atoms with Crippen molar-refractivity contribution in [1.29, 1.82) is 0 Å². The molecule has 0 fully saturated rings. The molecule has 4 nitrogen and oxygen atoms in total. The molecule has 0 saturated carbocycles. The number of para-hydroxylation sites is 2. The molecule has 0 bridgehead atoms. The number of aromatic nitrogens is 4. The lowest BCUT2D eigenvalue weighted by Crippen LogP contribution is -2.01. The lowest BCUT2D eigenvalue weighted by atomic mass is 9.97. The summed E-state index contributed by atoms with van der Waals surface area (Å²) in [5.41, 5.74) is 8.79. The molecule has 0 spiro atoms. The van der Waals surface area contributed by atoms with Gasteiger partial charge in [0.15, 0.2) is 17.5 Å². The maximum atomic E-state index is 9.02. The molecule has 0 unspecified atom stereocenters. The van der Waals surface area contributed by atoms with Crippen LogP contribution < -0.4 is 0 Å². The molecular formula is C55H34N4S. The van der Waals surface area contributed by atoms with Gasteiger partial charge in [-0.05, 0) is 69.4 Å². The fraction of sp³-hybridized carbons (Fsp3) is 0. The number of fused-ring (bicyclic) bond motifs is 7. The van der Waals surface area contributed by atoms with Gasteiger partial charge in [0.05, 0.1) is 17.9 Å². The zero-order valence-electron chi connectivity index (χ0n) is 36.9. The predicted molar refractivity (Wildman–Crippen MR) is 252 cm³/mol. The number of hydrogen-bond acceptors (Lipinski definition) is 4. The average Bonchev–Trinajstić information content (AvgIpc) is 3.91. The summed E-state index contributed by atoms with van der Waals surface area (Å²) in [6, 6.07) is 58.5. The first-order valence-electron chi connectivity index (χ1n) is 22.3. The summed E-state index contributed by atoms with van der Waals surface area (Å²) in [6.07, 6.45) is 0. The van der Waals surface area contributed by atoms with Gasteiger partial charge in [0.25, 0.3) is 0 Å². The highest BCUT2D eigenvalue weighted by Crippen LogP contribution is 2.46. The maximum Gasteiger partial charge on any atom is 0.165 e. The van der Waals surface area contributed by atoms with Crippen LogP contribution in [0.2, 0.25) is 0 Å². The zero-order chi connectivity index (χ0) is 43.9. The first-order valence-corrected chi connectivity index (χ1v) is 20.6. The summed E-state index contributed by atoms with van der Waals surface area (Å²) in [6.45, 7) is 0. The predicted octanol–water partition coefficient (Wildman–Crippen LogP) is 14.8. The van der Waals surface area contributed by atoms with Gasteiger partial charge < -0.3 is 4.57 Å². The fourth-order valence-electron chi connectivity index (χ4n) is 8.53. The Kier molecular flexibility index (Phi) is 6.87. The van der Waals surface area contributed by atoms with Crippen molar-refractivity contribution in [3.63, 3.8) is 0 Å². The van der Waals surface area contributed by atoms with Gasteiger partial charge in [0.2, 0.25) is 0 Å². The molecule has 0 aliphatic rings. The first kappa shape index (κ1) is 29.5. The number of rotatable bonds is 6. The average molecular weight is 788 g/mol. The standard InChI is InChI=1S/C55H34N4S/c1-3-15-35(16-4-1)39-21-13-22-40(31-39)43-25-14-26-46-47-33-42(59-49-27-11-9-23-44(49)45-24-10-12-28-50(45)59)34-48(52(47)60-51(43)46)55-57-53(37-18-5-2-6-19-37)56-54(58-55)41-30-29-36-17-7-8-20-38(36)32-41/h1-34H/i2D,5D,6D,18D,19D. The van der Waals surface area contributed by atoms with Crippen LogP contribution >= 0.6 is 11.3 Å². The van der Waals surface area contributed by atoms with Gasteiger partial charge in [0, 0.05) is 53.3 Å². The van der Waals surface area contributed by atoms with Crippen molar-refractivity contribution in [1.82, 2.24) is 19.5 Å². The summed E-state index contributed by atoms with van der Waals surface area (Å²) < 4.78 is 47.9. The third kappa shape index (κ3) is 5.70. The molecule has 0 radical (unpaired) electrons. The minimum Gasteiger partial charge on any atom is -0.309 e. The summed E-state index contributed by atoms with van der Waals surface area (Å²) in [4.78, 5) is 15.3. The molecule has 9 aromatic carbocycles. The molecule has 0 atom stereocenters. The molecule has 0 N–H and O–H groups in total. The van der Waals surface area contributed by atoms with Gasteiger partial charge in [-0.25, -0.2) is 15.0 Å². The van der Waals surface area contributed by atoms with Gasteiger partial charge in [-0.3, -0.25) is 0 Å². The van der Waals surface area contributed by atoms with E-state index in [-0.39, 0.29) is 23.5 Å². The number of hydrogen-bond donors (Lipinski definition) is 0. The van der Waals surface area contributed by atoms with E-state index in [4.69, 9.17) is 21.8 Å². The van der Waals surface area contributed by atoms with Gasteiger partial charge in [-0.1, -0.05) is 170 Å². The second kappa shape index (κ2) is 14.0. The van der Waals surface area contributed by atoms with E-state index in [1.54, 1.807) is 11.3 Å². The van der Waals surface area contributed by atoms with E-state index < -0.39 is 18.1 Å². The molecule has 5 heteroatoms. The Morgan fingerprint density at radius 3 is 1.80 bits per heavy atom. The minimum absolute atomic E-state index is 0.00916. The molecule has 280 valence electrons. The van der Waals surface area contributed by atoms with Crippen LogP contribution in [0.1, 0.15) is 6.85 Å². The van der Waals surface area contributed by atoms with Crippen LogP contribution in [0.15, 0.2) is 206 Å². The molecule has 60 heavy (non-hydrogen) atoms. The quantitative estimate of drug-likeness (QED) is 0.169. The third-order valence-corrected chi connectivity index (χ3v) is 12.6. The van der Waals surface area contributed by atoms with Crippen molar-refractivity contribution in [3.05, 3.63) is 206 Å². The lowest BCUT2D eigenvalue weighted by Gasteiger charge is -2.13. The molecule has 3 aromatic heterocycles. The number of nitrogens with zero attached hydrogens (tertiary/aromatic N) is 4. The maximum absolute atomic E-state index is 9.02. The Bertz CT molecular complexity index is 3840. The van der Waals surface area contributed by atoms with Crippen LogP contribution in [0.25, 0.3) is 115 Å². The Morgan fingerprint density at radius 1 is 0.383 bits per heavy atom. The Labute approximate surface area is 357 Å². The van der Waals surface area contributed by atoms with Crippen molar-refractivity contribution in [2.75, 3.05) is 0 Å². The van der Waals surface area contributed by atoms with E-state index in [0.29, 0.717) is 17.2 Å². The van der Waals surface area contributed by atoms with E-state index >= 15 is 0 Å². The molecule has 12 rings (SSSR count). The van der Waals surface area contributed by atoms with Crippen LogP contribution in [0.5, 0.6) is 0 Å². The highest BCUT2D eigenvalue weighted by Gasteiger charge is 2.22. The second-order valence-corrected chi connectivity index (χ2v) is 15.9. The van der Waals surface area contributed by atoms with Crippen LogP contribution in [-0.4, -0.2) is 19.5 Å². The molecule has 0 amide bonds. The zero-order valence-corrected chi connectivity index (χ0v) is 32.8. The van der Waals surface area contributed by atoms with Crippen molar-refractivity contribution in [3.8, 4) is 62.1 Å². The van der Waals surface area contributed by atoms with Gasteiger partial charge in [-0.15, -0.1) is 11.3 Å². The minimum atomic E-state index is -0.483. The molecule has 3 heterocycles. The normalized spacial score (nSPS) is 12.8. The van der Waals surface area contributed by atoms with Crippen LogP contribution in [-0.2, 0) is 0 Å². The molecular weight excluding hydrogens is 749 g/mol. The Morgan fingerprint density at radius 2 is 1.00 bits per heavy atom. The third-order valence-electron chi connectivity index (χ3n) is 11.3. The summed E-state index contributed by atoms with van der Waals surface area (Å²) in [5.74, 6) is 0.624. The highest BCUT2D eigenvalue weighted by atomic mass is 32.1. The number of benzene rings is 9. The SMILES string of the molecule is [2H]c1c([2H])c([2H])c(-c2nc(-c3ccc4ccccc4c3)nc(-c3cc(-n4c5ccccc5c5ccccc54)cc4c3sc3c(-c5cccc(-c6ccccc6)c5)cccc34)n2)c([2H])c1[2H]. The molecule has 12 aromatic rings. The van der Waals surface area contributed by atoms with Crippen LogP contribution in [0.4, 0.5) is 0 Å². The van der Waals surface area contributed by atoms with Crippen molar-refractivity contribution < 1.29 is 6.85 Å². The second-order valence-electron chi connectivity index (χ2n) is 14.8. The van der Waals surface area contributed by atoms with Gasteiger partial charge in [0.1, 0.15) is 0 Å². The number of thiophene rings is 1. The lowest BCUT2D eigenvalue weighted by molar-refractivity contribution is 1.08. The highest BCUT2D eigenvalue weighted by molar-refractivity contribution is 7.26. The van der Waals surface area contributed by atoms with Crippen molar-refractivity contribution in [2.24, 2.45) is 0 Å². The van der Waals surface area contributed by atoms with Gasteiger partial charge in [-0.2, -0.15) is 0 Å². The topological polar surface area (TPSA) is 43.6 Å². The van der Waals surface area contributed by atoms with E-state index in [1.165, 1.54) is 0 Å². The summed E-state index contributed by atoms with van der Waals surface area (Å²) in [7, 11) is 0. The molecule has 0 aliphatic carbocycles. The van der Waals surface area contributed by atoms with Crippen LogP contribution in [0.3, 0.4) is 0 Å². The monoisotopic (exact) mass is 787 g/mol. The smallest absolute Gasteiger partial charge is 0.165 e. The largest absolute Gasteiger partial charge is 0.309 e.